The molecule has 2 rings (SSSR count). The number of aromatic nitrogens is 1. The van der Waals surface area contributed by atoms with Gasteiger partial charge in [0.05, 0.1) is 0 Å². The van der Waals surface area contributed by atoms with Gasteiger partial charge in [-0.2, -0.15) is 5.26 Å². The molecule has 0 spiro atoms. The summed E-state index contributed by atoms with van der Waals surface area (Å²) in [6.45, 7) is 4.46. The highest BCUT2D eigenvalue weighted by atomic mass is 32.2. The molecule has 2 heterocycles. The van der Waals surface area contributed by atoms with E-state index in [4.69, 9.17) is 5.26 Å². The van der Waals surface area contributed by atoms with Crippen LogP contribution in [0.5, 0.6) is 0 Å². The van der Waals surface area contributed by atoms with E-state index in [1.165, 1.54) is 18.3 Å². The minimum absolute atomic E-state index is 0.0949. The van der Waals surface area contributed by atoms with E-state index in [1.807, 2.05) is 6.07 Å². The van der Waals surface area contributed by atoms with E-state index in [1.54, 1.807) is 0 Å². The Labute approximate surface area is 119 Å². The molecule has 1 unspecified atom stereocenters. The Kier molecular flexibility index (Phi) is 4.70. The highest BCUT2D eigenvalue weighted by Crippen LogP contribution is 2.16. The summed E-state index contributed by atoms with van der Waals surface area (Å²) in [5.41, 5.74) is 0.205. The Morgan fingerprint density at radius 1 is 1.55 bits per heavy atom. The van der Waals surface area contributed by atoms with E-state index in [0.717, 1.165) is 25.9 Å². The molecule has 6 nitrogen and oxygen atoms in total. The first-order chi connectivity index (χ1) is 9.56. The molecule has 1 aliphatic rings. The van der Waals surface area contributed by atoms with Crippen LogP contribution in [0, 0.1) is 11.3 Å². The molecular weight excluding hydrogens is 276 g/mol. The van der Waals surface area contributed by atoms with E-state index in [-0.39, 0.29) is 16.6 Å². The monoisotopic (exact) mass is 294 g/mol. The minimum Gasteiger partial charge on any atom is -0.299 e. The number of nitrogens with one attached hydrogen (secondary N) is 1. The average Bonchev–Trinajstić information content (AvgIpc) is 2.93. The van der Waals surface area contributed by atoms with Gasteiger partial charge in [-0.15, -0.1) is 0 Å². The first-order valence-electron chi connectivity index (χ1n) is 6.66. The van der Waals surface area contributed by atoms with E-state index in [0.29, 0.717) is 6.54 Å². The van der Waals surface area contributed by atoms with Crippen molar-refractivity contribution < 1.29 is 8.42 Å². The van der Waals surface area contributed by atoms with Crippen molar-refractivity contribution in [3.8, 4) is 6.07 Å². The second-order valence-electron chi connectivity index (χ2n) is 4.77. The van der Waals surface area contributed by atoms with Crippen molar-refractivity contribution in [3.63, 3.8) is 0 Å². The molecule has 1 N–H and O–H groups in total. The summed E-state index contributed by atoms with van der Waals surface area (Å²) < 4.78 is 26.9. The van der Waals surface area contributed by atoms with Crippen molar-refractivity contribution in [3.05, 3.63) is 24.0 Å². The van der Waals surface area contributed by atoms with Gasteiger partial charge in [-0.1, -0.05) is 6.92 Å². The number of hydrogen-bond donors (Lipinski definition) is 1. The summed E-state index contributed by atoms with van der Waals surface area (Å²) in [5, 5.41) is 8.65. The molecule has 7 heteroatoms. The highest BCUT2D eigenvalue weighted by molar-refractivity contribution is 7.89. The van der Waals surface area contributed by atoms with Gasteiger partial charge in [-0.25, -0.2) is 18.1 Å². The lowest BCUT2D eigenvalue weighted by Crippen LogP contribution is -2.40. The first kappa shape index (κ1) is 14.9. The van der Waals surface area contributed by atoms with Gasteiger partial charge in [-0.3, -0.25) is 4.90 Å². The SMILES string of the molecule is CCN1CCCC1CNS(=O)(=O)c1ccc(C#N)nc1. The second-order valence-corrected chi connectivity index (χ2v) is 6.53. The van der Waals surface area contributed by atoms with Gasteiger partial charge in [0.2, 0.25) is 10.0 Å². The third-order valence-corrected chi connectivity index (χ3v) is 4.98. The van der Waals surface area contributed by atoms with Gasteiger partial charge in [0, 0.05) is 18.8 Å². The molecule has 0 aliphatic carbocycles. The van der Waals surface area contributed by atoms with Crippen molar-refractivity contribution in [2.45, 2.75) is 30.7 Å². The third-order valence-electron chi connectivity index (χ3n) is 3.58. The molecule has 1 aliphatic heterocycles. The normalized spacial score (nSPS) is 19.9. The number of nitriles is 1. The van der Waals surface area contributed by atoms with Crippen LogP contribution in [-0.4, -0.2) is 44.0 Å². The van der Waals surface area contributed by atoms with E-state index in [9.17, 15) is 8.42 Å². The minimum atomic E-state index is -3.55. The van der Waals surface area contributed by atoms with E-state index < -0.39 is 10.0 Å². The van der Waals surface area contributed by atoms with Crippen LogP contribution in [0.3, 0.4) is 0 Å². The fraction of sp³-hybridized carbons (Fsp3) is 0.538. The Bertz CT molecular complexity index is 592. The lowest BCUT2D eigenvalue weighted by atomic mass is 10.2. The van der Waals surface area contributed by atoms with E-state index >= 15 is 0 Å². The molecule has 108 valence electrons. The Morgan fingerprint density at radius 3 is 2.95 bits per heavy atom. The van der Waals surface area contributed by atoms with Gasteiger partial charge in [-0.05, 0) is 38.1 Å². The maximum Gasteiger partial charge on any atom is 0.242 e. The number of sulfonamides is 1. The third kappa shape index (κ3) is 3.33. The topological polar surface area (TPSA) is 86.1 Å². The van der Waals surface area contributed by atoms with Crippen molar-refractivity contribution >= 4 is 10.0 Å². The number of likely N-dealkylation sites (tertiary alicyclic amines) is 1. The van der Waals surface area contributed by atoms with Gasteiger partial charge in [0.15, 0.2) is 0 Å². The van der Waals surface area contributed by atoms with Crippen LogP contribution >= 0.6 is 0 Å². The fourth-order valence-electron chi connectivity index (χ4n) is 2.44. The molecule has 0 amide bonds. The summed E-state index contributed by atoms with van der Waals surface area (Å²) in [5.74, 6) is 0. The lowest BCUT2D eigenvalue weighted by molar-refractivity contribution is 0.268. The zero-order chi connectivity index (χ0) is 14.6. The largest absolute Gasteiger partial charge is 0.299 e. The van der Waals surface area contributed by atoms with E-state index in [2.05, 4.69) is 21.5 Å². The molecule has 0 radical (unpaired) electrons. The van der Waals surface area contributed by atoms with Crippen LogP contribution < -0.4 is 4.72 Å². The van der Waals surface area contributed by atoms with Gasteiger partial charge < -0.3 is 0 Å². The molecule has 0 bridgehead atoms. The van der Waals surface area contributed by atoms with Crippen molar-refractivity contribution in [1.82, 2.24) is 14.6 Å². The Hall–Kier alpha value is -1.49. The highest BCUT2D eigenvalue weighted by Gasteiger charge is 2.25. The maximum atomic E-state index is 12.1. The van der Waals surface area contributed by atoms with Crippen LogP contribution in [0.15, 0.2) is 23.2 Å². The molecule has 1 aromatic heterocycles. The molecular formula is C13H18N4O2S. The molecule has 1 aromatic rings. The summed E-state index contributed by atoms with van der Waals surface area (Å²) in [6.07, 6.45) is 3.34. The zero-order valence-electron chi connectivity index (χ0n) is 11.4. The maximum absolute atomic E-state index is 12.1. The van der Waals surface area contributed by atoms with Crippen molar-refractivity contribution in [2.24, 2.45) is 0 Å². The molecule has 0 aromatic carbocycles. The summed E-state index contributed by atoms with van der Waals surface area (Å²) >= 11 is 0. The van der Waals surface area contributed by atoms with Crippen molar-refractivity contribution in [2.75, 3.05) is 19.6 Å². The summed E-state index contributed by atoms with van der Waals surface area (Å²) in [7, 11) is -3.55. The van der Waals surface area contributed by atoms with Crippen molar-refractivity contribution in [1.29, 1.82) is 5.26 Å². The molecule has 1 fully saturated rings. The lowest BCUT2D eigenvalue weighted by Gasteiger charge is -2.22. The van der Waals surface area contributed by atoms with Crippen LogP contribution in [0.4, 0.5) is 0 Å². The standard InChI is InChI=1S/C13H18N4O2S/c1-2-17-7-3-4-12(17)9-16-20(18,19)13-6-5-11(8-14)15-10-13/h5-6,10,12,16H,2-4,7,9H2,1H3. The smallest absolute Gasteiger partial charge is 0.242 e. The predicted molar refractivity (Wildman–Crippen MR) is 74.4 cm³/mol. The summed E-state index contributed by atoms with van der Waals surface area (Å²) in [4.78, 5) is 6.16. The van der Waals surface area contributed by atoms with Crippen LogP contribution in [0.1, 0.15) is 25.5 Å². The number of hydrogen-bond acceptors (Lipinski definition) is 5. The van der Waals surface area contributed by atoms with Crippen LogP contribution in [-0.2, 0) is 10.0 Å². The molecule has 1 atom stereocenters. The van der Waals surface area contributed by atoms with Crippen LogP contribution in [0.2, 0.25) is 0 Å². The van der Waals surface area contributed by atoms with Gasteiger partial charge >= 0.3 is 0 Å². The Balaban J connectivity index is 2.02. The average molecular weight is 294 g/mol. The number of nitrogens with zero attached hydrogens (tertiary/aromatic N) is 3. The fourth-order valence-corrected chi connectivity index (χ4v) is 3.45. The van der Waals surface area contributed by atoms with Crippen LogP contribution in [0.25, 0.3) is 0 Å². The number of likely N-dealkylation sites (N-methyl/N-ethyl adjacent to an activating group) is 1. The molecule has 20 heavy (non-hydrogen) atoms. The Morgan fingerprint density at radius 2 is 2.35 bits per heavy atom. The zero-order valence-corrected chi connectivity index (χ0v) is 12.2. The van der Waals surface area contributed by atoms with Gasteiger partial charge in [0.25, 0.3) is 0 Å². The molecule has 1 saturated heterocycles. The predicted octanol–water partition coefficient (Wildman–Crippen LogP) is 0.716. The number of rotatable bonds is 5. The first-order valence-corrected chi connectivity index (χ1v) is 8.15. The second kappa shape index (κ2) is 6.31. The van der Waals surface area contributed by atoms with Gasteiger partial charge in [0.1, 0.15) is 16.7 Å². The molecule has 0 saturated carbocycles. The number of pyridine rings is 1. The quantitative estimate of drug-likeness (QED) is 0.864. The summed E-state index contributed by atoms with van der Waals surface area (Å²) in [6, 6.07) is 4.94.